The summed E-state index contributed by atoms with van der Waals surface area (Å²) in [4.78, 5) is 23.3. The molecule has 2 aromatic carbocycles. The lowest BCUT2D eigenvalue weighted by Gasteiger charge is -2.09. The van der Waals surface area contributed by atoms with Gasteiger partial charge in [0.1, 0.15) is 17.3 Å². The van der Waals surface area contributed by atoms with E-state index in [1.807, 2.05) is 0 Å². The third-order valence-corrected chi connectivity index (χ3v) is 2.72. The van der Waals surface area contributed by atoms with E-state index in [1.54, 1.807) is 0 Å². The molecule has 6 heteroatoms. The zero-order valence-electron chi connectivity index (χ0n) is 11.1. The number of hydrogen-bond acceptors (Lipinski definition) is 4. The molecule has 0 spiro atoms. The lowest BCUT2D eigenvalue weighted by atomic mass is 10.1. The first-order valence-corrected chi connectivity index (χ1v) is 5.97. The molecule has 0 atom stereocenters. The number of primary amides is 1. The average molecular weight is 289 g/mol. The highest BCUT2D eigenvalue weighted by atomic mass is 19.1. The second-order valence-electron chi connectivity index (χ2n) is 4.13. The maximum atomic E-state index is 13.1. The third kappa shape index (κ3) is 3.36. The summed E-state index contributed by atoms with van der Waals surface area (Å²) in [5, 5.41) is 0. The van der Waals surface area contributed by atoms with Crippen molar-refractivity contribution in [1.29, 1.82) is 0 Å². The fourth-order valence-corrected chi connectivity index (χ4v) is 1.69. The van der Waals surface area contributed by atoms with Gasteiger partial charge in [0.15, 0.2) is 0 Å². The van der Waals surface area contributed by atoms with E-state index in [0.29, 0.717) is 5.75 Å². The smallest absolute Gasteiger partial charge is 0.343 e. The Morgan fingerprint density at radius 3 is 2.52 bits per heavy atom. The molecular weight excluding hydrogens is 277 g/mol. The Kier molecular flexibility index (Phi) is 4.18. The molecule has 2 rings (SSSR count). The molecule has 0 aromatic heterocycles. The zero-order chi connectivity index (χ0) is 15.4. The number of nitrogens with two attached hydrogens (primary N) is 1. The molecule has 108 valence electrons. The normalized spacial score (nSPS) is 10.0. The maximum Gasteiger partial charge on any atom is 0.343 e. The first-order valence-electron chi connectivity index (χ1n) is 5.97. The van der Waals surface area contributed by atoms with Gasteiger partial charge in [-0.2, -0.15) is 0 Å². The van der Waals surface area contributed by atoms with E-state index in [2.05, 4.69) is 0 Å². The van der Waals surface area contributed by atoms with Gasteiger partial charge in [0, 0.05) is 6.07 Å². The number of halogens is 1. The van der Waals surface area contributed by atoms with Crippen molar-refractivity contribution in [3.8, 4) is 11.5 Å². The molecule has 0 heterocycles. The van der Waals surface area contributed by atoms with Crippen LogP contribution in [0.15, 0.2) is 42.5 Å². The summed E-state index contributed by atoms with van der Waals surface area (Å²) in [5.74, 6) is -1.77. The number of carbonyl (C=O) groups excluding carboxylic acids is 2. The zero-order valence-corrected chi connectivity index (χ0v) is 11.1. The lowest BCUT2D eigenvalue weighted by molar-refractivity contribution is 0.0732. The standard InChI is InChI=1S/C15H12FNO4/c1-20-11-5-6-12(14(17)18)13(8-11)21-15(19)9-3-2-4-10(16)7-9/h2-8H,1H3,(H2,17,18). The molecule has 0 bridgehead atoms. The summed E-state index contributed by atoms with van der Waals surface area (Å²) in [5.41, 5.74) is 5.26. The van der Waals surface area contributed by atoms with Gasteiger partial charge in [-0.1, -0.05) is 6.07 Å². The minimum absolute atomic E-state index is 0.0215. The van der Waals surface area contributed by atoms with E-state index >= 15 is 0 Å². The Bertz CT molecular complexity index is 700. The van der Waals surface area contributed by atoms with Gasteiger partial charge in [0.05, 0.1) is 18.2 Å². The molecular formula is C15H12FNO4. The van der Waals surface area contributed by atoms with Crippen molar-refractivity contribution in [3.05, 3.63) is 59.4 Å². The summed E-state index contributed by atoms with van der Waals surface area (Å²) in [7, 11) is 1.43. The van der Waals surface area contributed by atoms with Gasteiger partial charge >= 0.3 is 5.97 Å². The molecule has 5 nitrogen and oxygen atoms in total. The van der Waals surface area contributed by atoms with Gasteiger partial charge in [-0.3, -0.25) is 4.79 Å². The van der Waals surface area contributed by atoms with E-state index in [1.165, 1.54) is 43.5 Å². The molecule has 0 saturated heterocycles. The minimum atomic E-state index is -0.801. The molecule has 0 radical (unpaired) electrons. The summed E-state index contributed by atoms with van der Waals surface area (Å²) in [6.07, 6.45) is 0. The molecule has 0 unspecified atom stereocenters. The Balaban J connectivity index is 2.33. The van der Waals surface area contributed by atoms with Gasteiger partial charge in [0.25, 0.3) is 5.91 Å². The molecule has 0 fully saturated rings. The largest absolute Gasteiger partial charge is 0.497 e. The minimum Gasteiger partial charge on any atom is -0.497 e. The van der Waals surface area contributed by atoms with Crippen molar-refractivity contribution in [1.82, 2.24) is 0 Å². The molecule has 0 aliphatic rings. The van der Waals surface area contributed by atoms with Crippen LogP contribution in [0.4, 0.5) is 4.39 Å². The highest BCUT2D eigenvalue weighted by molar-refractivity contribution is 5.98. The number of benzene rings is 2. The van der Waals surface area contributed by atoms with Gasteiger partial charge in [-0.05, 0) is 30.3 Å². The summed E-state index contributed by atoms with van der Waals surface area (Å²) < 4.78 is 23.2. The molecule has 2 aromatic rings. The fourth-order valence-electron chi connectivity index (χ4n) is 1.69. The van der Waals surface area contributed by atoms with Crippen LogP contribution in [0.1, 0.15) is 20.7 Å². The number of esters is 1. The number of carbonyl (C=O) groups is 2. The van der Waals surface area contributed by atoms with Gasteiger partial charge in [0.2, 0.25) is 0 Å². The highest BCUT2D eigenvalue weighted by Crippen LogP contribution is 2.25. The van der Waals surface area contributed by atoms with Gasteiger partial charge in [-0.25, -0.2) is 9.18 Å². The Hall–Kier alpha value is -2.89. The molecule has 0 saturated carbocycles. The Morgan fingerprint density at radius 1 is 1.14 bits per heavy atom. The second-order valence-corrected chi connectivity index (χ2v) is 4.13. The van der Waals surface area contributed by atoms with E-state index in [9.17, 15) is 14.0 Å². The predicted molar refractivity (Wildman–Crippen MR) is 72.9 cm³/mol. The number of methoxy groups -OCH3 is 1. The fraction of sp³-hybridized carbons (Fsp3) is 0.0667. The lowest BCUT2D eigenvalue weighted by Crippen LogP contribution is -2.16. The van der Waals surface area contributed by atoms with Crippen molar-refractivity contribution >= 4 is 11.9 Å². The van der Waals surface area contributed by atoms with Crippen LogP contribution in [-0.4, -0.2) is 19.0 Å². The molecule has 2 N–H and O–H groups in total. The molecule has 1 amide bonds. The van der Waals surface area contributed by atoms with Crippen molar-refractivity contribution in [2.75, 3.05) is 7.11 Å². The van der Waals surface area contributed by atoms with Crippen LogP contribution in [0.5, 0.6) is 11.5 Å². The molecule has 21 heavy (non-hydrogen) atoms. The molecule has 0 aliphatic carbocycles. The van der Waals surface area contributed by atoms with E-state index in [4.69, 9.17) is 15.2 Å². The van der Waals surface area contributed by atoms with Crippen LogP contribution >= 0.6 is 0 Å². The van der Waals surface area contributed by atoms with Gasteiger partial charge in [-0.15, -0.1) is 0 Å². The SMILES string of the molecule is COc1ccc(C(N)=O)c(OC(=O)c2cccc(F)c2)c1. The van der Waals surface area contributed by atoms with Crippen LogP contribution in [0.2, 0.25) is 0 Å². The van der Waals surface area contributed by atoms with Crippen LogP contribution in [0, 0.1) is 5.82 Å². The summed E-state index contributed by atoms with van der Waals surface area (Å²) in [6, 6.07) is 9.28. The quantitative estimate of drug-likeness (QED) is 0.691. The van der Waals surface area contributed by atoms with Crippen LogP contribution in [0.25, 0.3) is 0 Å². The van der Waals surface area contributed by atoms with Crippen molar-refractivity contribution in [2.24, 2.45) is 5.73 Å². The van der Waals surface area contributed by atoms with Crippen LogP contribution < -0.4 is 15.2 Å². The number of amides is 1. The second kappa shape index (κ2) is 6.04. The Morgan fingerprint density at radius 2 is 1.90 bits per heavy atom. The highest BCUT2D eigenvalue weighted by Gasteiger charge is 2.16. The first-order chi connectivity index (χ1) is 10.0. The van der Waals surface area contributed by atoms with Crippen molar-refractivity contribution in [3.63, 3.8) is 0 Å². The third-order valence-electron chi connectivity index (χ3n) is 2.72. The maximum absolute atomic E-state index is 13.1. The van der Waals surface area contributed by atoms with Crippen LogP contribution in [-0.2, 0) is 0 Å². The summed E-state index contributed by atoms with van der Waals surface area (Å²) in [6.45, 7) is 0. The number of rotatable bonds is 4. The van der Waals surface area contributed by atoms with Gasteiger partial charge < -0.3 is 15.2 Å². The monoisotopic (exact) mass is 289 g/mol. The van der Waals surface area contributed by atoms with E-state index in [0.717, 1.165) is 6.07 Å². The van der Waals surface area contributed by atoms with Crippen molar-refractivity contribution in [2.45, 2.75) is 0 Å². The molecule has 0 aliphatic heterocycles. The number of hydrogen-bond donors (Lipinski definition) is 1. The summed E-state index contributed by atoms with van der Waals surface area (Å²) >= 11 is 0. The Labute approximate surface area is 120 Å². The topological polar surface area (TPSA) is 78.6 Å². The van der Waals surface area contributed by atoms with E-state index in [-0.39, 0.29) is 16.9 Å². The van der Waals surface area contributed by atoms with Crippen LogP contribution in [0.3, 0.4) is 0 Å². The van der Waals surface area contributed by atoms with E-state index < -0.39 is 17.7 Å². The first kappa shape index (κ1) is 14.5. The average Bonchev–Trinajstić information content (AvgIpc) is 2.46. The number of ether oxygens (including phenoxy) is 2. The predicted octanol–water partition coefficient (Wildman–Crippen LogP) is 2.15. The van der Waals surface area contributed by atoms with Crippen molar-refractivity contribution < 1.29 is 23.5 Å².